The molecule has 0 unspecified atom stereocenters. The van der Waals surface area contributed by atoms with Crippen molar-refractivity contribution in [1.82, 2.24) is 16.0 Å². The van der Waals surface area contributed by atoms with Crippen LogP contribution >= 0.6 is 0 Å². The van der Waals surface area contributed by atoms with E-state index in [9.17, 15) is 14.4 Å². The van der Waals surface area contributed by atoms with Gasteiger partial charge in [0.1, 0.15) is 16.8 Å². The van der Waals surface area contributed by atoms with Crippen LogP contribution in [0.5, 0.6) is 0 Å². The quantitative estimate of drug-likeness (QED) is 0.426. The highest BCUT2D eigenvalue weighted by Crippen LogP contribution is 2.28. The van der Waals surface area contributed by atoms with Crippen LogP contribution in [0.1, 0.15) is 95.7 Å². The summed E-state index contributed by atoms with van der Waals surface area (Å²) in [5, 5.41) is 8.45. The zero-order valence-electron chi connectivity index (χ0n) is 24.1. The Labute approximate surface area is 216 Å². The highest BCUT2D eigenvalue weighted by molar-refractivity contribution is 5.70. The minimum absolute atomic E-state index is 0.228. The predicted octanol–water partition coefficient (Wildman–Crippen LogP) is 5.69. The largest absolute Gasteiger partial charge is 0.444 e. The van der Waals surface area contributed by atoms with Crippen molar-refractivity contribution < 1.29 is 28.6 Å². The summed E-state index contributed by atoms with van der Waals surface area (Å²) in [6, 6.07) is 0. The van der Waals surface area contributed by atoms with E-state index in [1.165, 1.54) is 0 Å². The summed E-state index contributed by atoms with van der Waals surface area (Å²) in [4.78, 5) is 36.9. The Morgan fingerprint density at radius 3 is 0.861 bits per heavy atom. The summed E-state index contributed by atoms with van der Waals surface area (Å²) < 4.78 is 16.1. The molecule has 0 radical (unpaired) electrons. The lowest BCUT2D eigenvalue weighted by Crippen LogP contribution is -2.34. The molecule has 3 amide bonds. The number of carbonyl (C=O) groups is 3. The molecular formula is C27H45N3O6. The molecule has 0 aromatic heterocycles. The Morgan fingerprint density at radius 2 is 0.694 bits per heavy atom. The van der Waals surface area contributed by atoms with Crippen molar-refractivity contribution in [1.29, 1.82) is 0 Å². The zero-order valence-corrected chi connectivity index (χ0v) is 24.1. The molecular weight excluding hydrogens is 462 g/mol. The molecule has 0 fully saturated rings. The Hall–Kier alpha value is -2.97. The molecule has 9 nitrogen and oxygen atoms in total. The number of nitrogens with one attached hydrogen (secondary N) is 3. The van der Waals surface area contributed by atoms with E-state index < -0.39 is 35.1 Å². The van der Waals surface area contributed by atoms with Crippen molar-refractivity contribution in [3.05, 3.63) is 33.4 Å². The first kappa shape index (κ1) is 31.1. The number of alkyl carbamates (subject to hydrolysis) is 3. The summed E-state index contributed by atoms with van der Waals surface area (Å²) in [6.07, 6.45) is -1.57. The highest BCUT2D eigenvalue weighted by Gasteiger charge is 2.22. The molecule has 0 atom stereocenters. The van der Waals surface area contributed by atoms with Gasteiger partial charge < -0.3 is 30.2 Å². The molecule has 9 heteroatoms. The molecule has 0 aliphatic heterocycles. The summed E-state index contributed by atoms with van der Waals surface area (Å²) in [6.45, 7) is 22.7. The van der Waals surface area contributed by atoms with Gasteiger partial charge in [0.05, 0.1) is 0 Å². The second kappa shape index (κ2) is 11.8. The van der Waals surface area contributed by atoms with Crippen molar-refractivity contribution in [2.75, 3.05) is 0 Å². The van der Waals surface area contributed by atoms with Crippen LogP contribution in [0.15, 0.2) is 0 Å². The third kappa shape index (κ3) is 10.7. The third-order valence-corrected chi connectivity index (χ3v) is 5.14. The fourth-order valence-corrected chi connectivity index (χ4v) is 3.61. The van der Waals surface area contributed by atoms with Gasteiger partial charge in [-0.15, -0.1) is 0 Å². The normalized spacial score (nSPS) is 12.0. The summed E-state index contributed by atoms with van der Waals surface area (Å²) in [7, 11) is 0. The van der Waals surface area contributed by atoms with Gasteiger partial charge in [-0.3, -0.25) is 0 Å². The van der Waals surface area contributed by atoms with Crippen LogP contribution in [0.2, 0.25) is 0 Å². The molecule has 0 aliphatic rings. The number of hydrogen-bond donors (Lipinski definition) is 3. The second-order valence-corrected chi connectivity index (χ2v) is 11.9. The minimum Gasteiger partial charge on any atom is -0.444 e. The van der Waals surface area contributed by atoms with Gasteiger partial charge in [-0.1, -0.05) is 0 Å². The van der Waals surface area contributed by atoms with Crippen LogP contribution in [0.3, 0.4) is 0 Å². The van der Waals surface area contributed by atoms with E-state index in [0.717, 1.165) is 33.4 Å². The lowest BCUT2D eigenvalue weighted by atomic mass is 9.88. The molecule has 0 saturated carbocycles. The maximum Gasteiger partial charge on any atom is 0.407 e. The maximum atomic E-state index is 12.3. The Bertz CT molecular complexity index is 821. The van der Waals surface area contributed by atoms with Crippen molar-refractivity contribution >= 4 is 18.3 Å². The van der Waals surface area contributed by atoms with Crippen molar-refractivity contribution in [2.24, 2.45) is 0 Å². The van der Waals surface area contributed by atoms with Gasteiger partial charge in [0.2, 0.25) is 0 Å². The zero-order chi connectivity index (χ0) is 28.1. The van der Waals surface area contributed by atoms with Crippen molar-refractivity contribution in [2.45, 2.75) is 120 Å². The van der Waals surface area contributed by atoms with Crippen LogP contribution in [0, 0.1) is 20.8 Å². The van der Waals surface area contributed by atoms with Crippen LogP contribution in [0.25, 0.3) is 0 Å². The number of benzene rings is 1. The average Bonchev–Trinajstić information content (AvgIpc) is 2.63. The molecule has 204 valence electrons. The summed E-state index contributed by atoms with van der Waals surface area (Å²) in [5.74, 6) is 0. The van der Waals surface area contributed by atoms with E-state index in [1.807, 2.05) is 20.8 Å². The summed E-state index contributed by atoms with van der Waals surface area (Å²) in [5.41, 5.74) is 3.58. The topological polar surface area (TPSA) is 115 Å². The van der Waals surface area contributed by atoms with Gasteiger partial charge in [0.25, 0.3) is 0 Å². The van der Waals surface area contributed by atoms with E-state index in [0.29, 0.717) is 0 Å². The molecule has 0 aliphatic carbocycles. The van der Waals surface area contributed by atoms with E-state index in [1.54, 1.807) is 62.3 Å². The third-order valence-electron chi connectivity index (χ3n) is 5.14. The maximum absolute atomic E-state index is 12.3. The number of amides is 3. The average molecular weight is 508 g/mol. The van der Waals surface area contributed by atoms with Gasteiger partial charge in [0, 0.05) is 19.6 Å². The second-order valence-electron chi connectivity index (χ2n) is 11.9. The molecule has 0 spiro atoms. The molecule has 3 N–H and O–H groups in total. The van der Waals surface area contributed by atoms with Gasteiger partial charge >= 0.3 is 18.3 Å². The Balaban J connectivity index is 3.29. The van der Waals surface area contributed by atoms with Gasteiger partial charge in [0.15, 0.2) is 0 Å². The van der Waals surface area contributed by atoms with Crippen LogP contribution in [-0.2, 0) is 33.8 Å². The molecule has 1 aromatic rings. The predicted molar refractivity (Wildman–Crippen MR) is 140 cm³/mol. The highest BCUT2D eigenvalue weighted by atomic mass is 16.6. The Morgan fingerprint density at radius 1 is 0.500 bits per heavy atom. The van der Waals surface area contributed by atoms with Crippen molar-refractivity contribution in [3.8, 4) is 0 Å². The fourth-order valence-electron chi connectivity index (χ4n) is 3.61. The lowest BCUT2D eigenvalue weighted by molar-refractivity contribution is 0.0513. The van der Waals surface area contributed by atoms with Crippen molar-refractivity contribution in [3.63, 3.8) is 0 Å². The number of carbonyl (C=O) groups excluding carboxylic acids is 3. The van der Waals surface area contributed by atoms with Gasteiger partial charge in [-0.2, -0.15) is 0 Å². The number of ether oxygens (including phenoxy) is 3. The van der Waals surface area contributed by atoms with E-state index in [2.05, 4.69) is 16.0 Å². The molecule has 0 heterocycles. The first-order valence-corrected chi connectivity index (χ1v) is 12.2. The SMILES string of the molecule is Cc1c(CNC(=O)OC(C)(C)C)c(C)c(CNC(=O)OC(C)(C)C)c(C)c1CNC(=O)OC(C)(C)C. The molecule has 0 bridgehead atoms. The van der Waals surface area contributed by atoms with Crippen LogP contribution in [-0.4, -0.2) is 35.1 Å². The van der Waals surface area contributed by atoms with Crippen LogP contribution in [0.4, 0.5) is 14.4 Å². The molecule has 1 rings (SSSR count). The smallest absolute Gasteiger partial charge is 0.407 e. The number of hydrogen-bond acceptors (Lipinski definition) is 6. The van der Waals surface area contributed by atoms with Gasteiger partial charge in [-0.05, 0) is 116 Å². The standard InChI is InChI=1S/C27H45N3O6/c1-16-19(13-28-22(31)34-25(4,5)6)17(2)21(15-30-24(33)36-27(10,11)12)18(3)20(16)14-29-23(32)35-26(7,8)9/h13-15H2,1-12H3,(H,28,31)(H,29,32)(H,30,33). The minimum atomic E-state index is -0.619. The van der Waals surface area contributed by atoms with E-state index >= 15 is 0 Å². The van der Waals surface area contributed by atoms with E-state index in [-0.39, 0.29) is 19.6 Å². The lowest BCUT2D eigenvalue weighted by Gasteiger charge is -2.25. The van der Waals surface area contributed by atoms with E-state index in [4.69, 9.17) is 14.2 Å². The fraction of sp³-hybridized carbons (Fsp3) is 0.667. The van der Waals surface area contributed by atoms with Gasteiger partial charge in [-0.25, -0.2) is 14.4 Å². The molecule has 0 saturated heterocycles. The first-order chi connectivity index (χ1) is 16.2. The monoisotopic (exact) mass is 507 g/mol. The first-order valence-electron chi connectivity index (χ1n) is 12.2. The molecule has 36 heavy (non-hydrogen) atoms. The molecule has 1 aromatic carbocycles. The Kier molecular flexibility index (Phi) is 10.2. The van der Waals surface area contributed by atoms with Crippen LogP contribution < -0.4 is 16.0 Å². The number of rotatable bonds is 6. The summed E-state index contributed by atoms with van der Waals surface area (Å²) >= 11 is 0.